The van der Waals surface area contributed by atoms with Crippen LogP contribution >= 0.6 is 0 Å². The molecule has 118 valence electrons. The lowest BCUT2D eigenvalue weighted by Crippen LogP contribution is -2.28. The number of benzene rings is 1. The van der Waals surface area contributed by atoms with Crippen molar-refractivity contribution in [2.24, 2.45) is 0 Å². The maximum absolute atomic E-state index is 11.9. The van der Waals surface area contributed by atoms with Crippen LogP contribution in [0, 0.1) is 0 Å². The van der Waals surface area contributed by atoms with E-state index in [-0.39, 0.29) is 6.03 Å². The number of urea groups is 1. The molecule has 0 aliphatic heterocycles. The topological polar surface area (TPSA) is 82.0 Å². The van der Waals surface area contributed by atoms with Crippen molar-refractivity contribution < 1.29 is 23.4 Å². The minimum Gasteiger partial charge on any atom is -0.493 e. The SMILES string of the molecule is COc1cc(NC(=O)NCc2ccco2)cc(OC)c1OC. The first-order chi connectivity index (χ1) is 10.7. The van der Waals surface area contributed by atoms with Crippen LogP contribution in [0.25, 0.3) is 0 Å². The van der Waals surface area contributed by atoms with Gasteiger partial charge in [-0.15, -0.1) is 0 Å². The molecule has 1 aromatic heterocycles. The van der Waals surface area contributed by atoms with E-state index in [9.17, 15) is 4.79 Å². The Balaban J connectivity index is 2.06. The van der Waals surface area contributed by atoms with Crippen LogP contribution < -0.4 is 24.8 Å². The van der Waals surface area contributed by atoms with Crippen molar-refractivity contribution in [3.05, 3.63) is 36.3 Å². The molecule has 7 heteroatoms. The lowest BCUT2D eigenvalue weighted by atomic mass is 10.2. The van der Waals surface area contributed by atoms with Gasteiger partial charge >= 0.3 is 6.03 Å². The number of hydrogen-bond donors (Lipinski definition) is 2. The smallest absolute Gasteiger partial charge is 0.319 e. The van der Waals surface area contributed by atoms with Crippen LogP contribution in [0.1, 0.15) is 5.76 Å². The van der Waals surface area contributed by atoms with Gasteiger partial charge in [-0.25, -0.2) is 4.79 Å². The molecular weight excluding hydrogens is 288 g/mol. The number of carbonyl (C=O) groups is 1. The lowest BCUT2D eigenvalue weighted by Gasteiger charge is -2.14. The highest BCUT2D eigenvalue weighted by molar-refractivity contribution is 5.90. The summed E-state index contributed by atoms with van der Waals surface area (Å²) in [6, 6.07) is 6.46. The summed E-state index contributed by atoms with van der Waals surface area (Å²) in [6.45, 7) is 0.295. The van der Waals surface area contributed by atoms with E-state index in [2.05, 4.69) is 10.6 Å². The summed E-state index contributed by atoms with van der Waals surface area (Å²) in [4.78, 5) is 11.9. The monoisotopic (exact) mass is 306 g/mol. The van der Waals surface area contributed by atoms with Crippen LogP contribution in [0.15, 0.2) is 34.9 Å². The van der Waals surface area contributed by atoms with Crippen LogP contribution in [-0.2, 0) is 6.54 Å². The molecule has 2 N–H and O–H groups in total. The second kappa shape index (κ2) is 7.26. The molecule has 1 heterocycles. The summed E-state index contributed by atoms with van der Waals surface area (Å²) < 4.78 is 20.8. The number of nitrogens with one attached hydrogen (secondary N) is 2. The van der Waals surface area contributed by atoms with E-state index in [0.717, 1.165) is 0 Å². The zero-order valence-electron chi connectivity index (χ0n) is 12.6. The van der Waals surface area contributed by atoms with E-state index in [1.165, 1.54) is 21.3 Å². The molecule has 0 saturated heterocycles. The van der Waals surface area contributed by atoms with Crippen molar-refractivity contribution in [3.63, 3.8) is 0 Å². The molecule has 2 aromatic rings. The molecule has 7 nitrogen and oxygen atoms in total. The van der Waals surface area contributed by atoms with Gasteiger partial charge in [0.05, 0.1) is 39.8 Å². The van der Waals surface area contributed by atoms with Gasteiger partial charge in [0, 0.05) is 12.1 Å². The number of ether oxygens (including phenoxy) is 3. The molecule has 22 heavy (non-hydrogen) atoms. The summed E-state index contributed by atoms with van der Waals surface area (Å²) >= 11 is 0. The normalized spacial score (nSPS) is 9.95. The molecule has 0 bridgehead atoms. The third-order valence-corrected chi connectivity index (χ3v) is 2.93. The third kappa shape index (κ3) is 3.63. The molecule has 0 saturated carbocycles. The highest BCUT2D eigenvalue weighted by Crippen LogP contribution is 2.39. The predicted octanol–water partition coefficient (Wildman–Crippen LogP) is 2.63. The summed E-state index contributed by atoms with van der Waals surface area (Å²) in [5.41, 5.74) is 0.520. The fourth-order valence-electron chi connectivity index (χ4n) is 1.91. The first kappa shape index (κ1) is 15.6. The summed E-state index contributed by atoms with van der Waals surface area (Å²) in [5, 5.41) is 5.38. The molecular formula is C15H18N2O5. The second-order valence-corrected chi connectivity index (χ2v) is 4.30. The Kier molecular flexibility index (Phi) is 5.13. The van der Waals surface area contributed by atoms with E-state index < -0.39 is 0 Å². The van der Waals surface area contributed by atoms with E-state index >= 15 is 0 Å². The van der Waals surface area contributed by atoms with Gasteiger partial charge in [-0.3, -0.25) is 0 Å². The molecule has 0 spiro atoms. The van der Waals surface area contributed by atoms with Gasteiger partial charge in [-0.1, -0.05) is 0 Å². The van der Waals surface area contributed by atoms with Gasteiger partial charge in [0.15, 0.2) is 11.5 Å². The Morgan fingerprint density at radius 1 is 1.14 bits per heavy atom. The lowest BCUT2D eigenvalue weighted by molar-refractivity contribution is 0.251. The molecule has 0 unspecified atom stereocenters. The van der Waals surface area contributed by atoms with E-state index in [0.29, 0.717) is 35.2 Å². The minimum atomic E-state index is -0.370. The van der Waals surface area contributed by atoms with Gasteiger partial charge in [-0.05, 0) is 12.1 Å². The van der Waals surface area contributed by atoms with Crippen LogP contribution in [0.4, 0.5) is 10.5 Å². The Morgan fingerprint density at radius 2 is 1.82 bits per heavy atom. The first-order valence-electron chi connectivity index (χ1n) is 6.55. The number of rotatable bonds is 6. The molecule has 0 radical (unpaired) electrons. The number of methoxy groups -OCH3 is 3. The average Bonchev–Trinajstić information content (AvgIpc) is 3.05. The van der Waals surface area contributed by atoms with Crippen LogP contribution in [0.3, 0.4) is 0 Å². The third-order valence-electron chi connectivity index (χ3n) is 2.93. The van der Waals surface area contributed by atoms with Gasteiger partial charge in [-0.2, -0.15) is 0 Å². The van der Waals surface area contributed by atoms with Crippen LogP contribution in [-0.4, -0.2) is 27.4 Å². The number of carbonyl (C=O) groups excluding carboxylic acids is 1. The molecule has 0 atom stereocenters. The van der Waals surface area contributed by atoms with Gasteiger partial charge in [0.25, 0.3) is 0 Å². The van der Waals surface area contributed by atoms with Crippen molar-refractivity contribution in [2.75, 3.05) is 26.6 Å². The maximum Gasteiger partial charge on any atom is 0.319 e. The Hall–Kier alpha value is -2.83. The summed E-state index contributed by atoms with van der Waals surface area (Å²) in [6.07, 6.45) is 1.55. The number of hydrogen-bond acceptors (Lipinski definition) is 5. The fourth-order valence-corrected chi connectivity index (χ4v) is 1.91. The van der Waals surface area contributed by atoms with E-state index in [1.54, 1.807) is 30.5 Å². The Morgan fingerprint density at radius 3 is 2.32 bits per heavy atom. The van der Waals surface area contributed by atoms with Crippen molar-refractivity contribution in [3.8, 4) is 17.2 Å². The quantitative estimate of drug-likeness (QED) is 0.857. The zero-order chi connectivity index (χ0) is 15.9. The largest absolute Gasteiger partial charge is 0.493 e. The maximum atomic E-state index is 11.9. The van der Waals surface area contributed by atoms with Crippen molar-refractivity contribution in [1.82, 2.24) is 5.32 Å². The Labute approximate surface area is 128 Å². The van der Waals surface area contributed by atoms with Crippen molar-refractivity contribution >= 4 is 11.7 Å². The predicted molar refractivity (Wildman–Crippen MR) is 80.7 cm³/mol. The molecule has 0 aliphatic carbocycles. The summed E-state index contributed by atoms with van der Waals surface area (Å²) in [7, 11) is 4.54. The molecule has 0 fully saturated rings. The van der Waals surface area contributed by atoms with E-state index in [1.807, 2.05) is 0 Å². The van der Waals surface area contributed by atoms with Gasteiger partial charge < -0.3 is 29.3 Å². The summed E-state index contributed by atoms with van der Waals surface area (Å²) in [5.74, 6) is 2.05. The second-order valence-electron chi connectivity index (χ2n) is 4.30. The highest BCUT2D eigenvalue weighted by atomic mass is 16.5. The Bertz CT molecular complexity index is 600. The fraction of sp³-hybridized carbons (Fsp3) is 0.267. The standard InChI is InChI=1S/C15H18N2O5/c1-19-12-7-10(8-13(20-2)14(12)21-3)17-15(18)16-9-11-5-4-6-22-11/h4-8H,9H2,1-3H3,(H2,16,17,18). The zero-order valence-corrected chi connectivity index (χ0v) is 12.6. The number of furan rings is 1. The van der Waals surface area contributed by atoms with Crippen molar-refractivity contribution in [1.29, 1.82) is 0 Å². The minimum absolute atomic E-state index is 0.295. The highest BCUT2D eigenvalue weighted by Gasteiger charge is 2.14. The van der Waals surface area contributed by atoms with Crippen LogP contribution in [0.2, 0.25) is 0 Å². The molecule has 2 rings (SSSR count). The molecule has 0 aliphatic rings. The number of amides is 2. The molecule has 1 aromatic carbocycles. The average molecular weight is 306 g/mol. The van der Waals surface area contributed by atoms with Gasteiger partial charge in [0.2, 0.25) is 5.75 Å². The van der Waals surface area contributed by atoms with E-state index in [4.69, 9.17) is 18.6 Å². The number of anilines is 1. The first-order valence-corrected chi connectivity index (χ1v) is 6.55. The van der Waals surface area contributed by atoms with Gasteiger partial charge in [0.1, 0.15) is 5.76 Å². The van der Waals surface area contributed by atoms with Crippen molar-refractivity contribution in [2.45, 2.75) is 6.54 Å². The van der Waals surface area contributed by atoms with Crippen LogP contribution in [0.5, 0.6) is 17.2 Å². The molecule has 2 amide bonds.